The molecule has 1 N–H and O–H groups in total. The average molecular weight is 367 g/mol. The number of nitriles is 1. The maximum absolute atomic E-state index is 12.7. The predicted octanol–water partition coefficient (Wildman–Crippen LogP) is 3.01. The Bertz CT molecular complexity index is 872. The predicted molar refractivity (Wildman–Crippen MR) is 99.7 cm³/mol. The summed E-state index contributed by atoms with van der Waals surface area (Å²) in [6.45, 7) is 4.15. The molecule has 2 aromatic carbocycles. The Morgan fingerprint density at radius 2 is 1.89 bits per heavy atom. The zero-order valence-corrected chi connectivity index (χ0v) is 15.5. The largest absolute Gasteiger partial charge is 0.495 e. The Hall–Kier alpha value is -3.08. The van der Waals surface area contributed by atoms with Crippen molar-refractivity contribution in [3.8, 4) is 23.3 Å². The number of ether oxygens (including phenoxy) is 3. The summed E-state index contributed by atoms with van der Waals surface area (Å²) >= 11 is 0. The molecule has 140 valence electrons. The van der Waals surface area contributed by atoms with E-state index in [-0.39, 0.29) is 12.6 Å². The molecule has 1 aliphatic rings. The summed E-state index contributed by atoms with van der Waals surface area (Å²) in [5, 5.41) is 12.1. The van der Waals surface area contributed by atoms with E-state index >= 15 is 0 Å². The van der Waals surface area contributed by atoms with Crippen LogP contribution in [0, 0.1) is 11.3 Å². The van der Waals surface area contributed by atoms with Crippen molar-refractivity contribution < 1.29 is 19.0 Å². The fraction of sp³-hybridized carbons (Fsp3) is 0.300. The van der Waals surface area contributed by atoms with E-state index in [0.29, 0.717) is 29.5 Å². The third-order valence-electron chi connectivity index (χ3n) is 4.29. The van der Waals surface area contributed by atoms with Gasteiger partial charge in [0.1, 0.15) is 30.0 Å². The van der Waals surface area contributed by atoms with Gasteiger partial charge in [-0.3, -0.25) is 15.0 Å². The van der Waals surface area contributed by atoms with Crippen molar-refractivity contribution >= 4 is 11.6 Å². The van der Waals surface area contributed by atoms with Crippen LogP contribution in [0.4, 0.5) is 5.69 Å². The fourth-order valence-corrected chi connectivity index (χ4v) is 2.69. The molecule has 2 aromatic rings. The van der Waals surface area contributed by atoms with E-state index in [1.165, 1.54) is 7.11 Å². The van der Waals surface area contributed by atoms with Gasteiger partial charge < -0.3 is 14.2 Å². The van der Waals surface area contributed by atoms with Crippen LogP contribution in [0.15, 0.2) is 42.5 Å². The lowest BCUT2D eigenvalue weighted by Crippen LogP contribution is -2.51. The molecular formula is C20H21N3O4. The molecule has 0 radical (unpaired) electrons. The van der Waals surface area contributed by atoms with Crippen molar-refractivity contribution in [2.24, 2.45) is 0 Å². The third kappa shape index (κ3) is 4.03. The molecule has 0 atom stereocenters. The number of nitrogens with one attached hydrogen (secondary N) is 1. The Labute approximate surface area is 158 Å². The highest BCUT2D eigenvalue weighted by Crippen LogP contribution is 2.30. The third-order valence-corrected chi connectivity index (χ3v) is 4.29. The van der Waals surface area contributed by atoms with Gasteiger partial charge in [-0.2, -0.15) is 5.26 Å². The van der Waals surface area contributed by atoms with E-state index in [1.807, 2.05) is 13.8 Å². The minimum absolute atomic E-state index is 0.0644. The number of benzene rings is 2. The van der Waals surface area contributed by atoms with E-state index in [2.05, 4.69) is 11.4 Å². The molecule has 1 aliphatic heterocycles. The van der Waals surface area contributed by atoms with Gasteiger partial charge in [0.25, 0.3) is 0 Å². The second kappa shape index (κ2) is 7.66. The van der Waals surface area contributed by atoms with E-state index in [1.54, 1.807) is 47.4 Å². The molecule has 1 amide bonds. The van der Waals surface area contributed by atoms with Crippen LogP contribution in [0.1, 0.15) is 19.4 Å². The number of carbonyl (C=O) groups excluding carboxylic acids is 1. The first-order chi connectivity index (χ1) is 12.9. The molecule has 1 heterocycles. The van der Waals surface area contributed by atoms with Crippen LogP contribution in [-0.2, 0) is 9.53 Å². The summed E-state index contributed by atoms with van der Waals surface area (Å²) in [6.07, 6.45) is 0. The van der Waals surface area contributed by atoms with Crippen molar-refractivity contribution in [1.29, 1.82) is 5.26 Å². The summed E-state index contributed by atoms with van der Waals surface area (Å²) in [7, 11) is 1.51. The van der Waals surface area contributed by atoms with E-state index in [9.17, 15) is 4.79 Å². The second-order valence-electron chi connectivity index (χ2n) is 6.58. The zero-order chi connectivity index (χ0) is 19.4. The van der Waals surface area contributed by atoms with Crippen molar-refractivity contribution in [3.05, 3.63) is 48.0 Å². The maximum Gasteiger partial charge on any atom is 0.248 e. The van der Waals surface area contributed by atoms with Gasteiger partial charge >= 0.3 is 0 Å². The van der Waals surface area contributed by atoms with Gasteiger partial charge in [0.2, 0.25) is 5.91 Å². The molecule has 7 nitrogen and oxygen atoms in total. The molecule has 27 heavy (non-hydrogen) atoms. The van der Waals surface area contributed by atoms with Gasteiger partial charge in [-0.15, -0.1) is 0 Å². The Morgan fingerprint density at radius 3 is 2.56 bits per heavy atom. The zero-order valence-electron chi connectivity index (χ0n) is 15.5. The molecule has 7 heteroatoms. The van der Waals surface area contributed by atoms with Crippen molar-refractivity contribution in [3.63, 3.8) is 0 Å². The lowest BCUT2D eigenvalue weighted by atomic mass is 10.0. The molecule has 0 saturated carbocycles. The molecular weight excluding hydrogens is 346 g/mol. The maximum atomic E-state index is 12.7. The minimum Gasteiger partial charge on any atom is -0.495 e. The van der Waals surface area contributed by atoms with Crippen molar-refractivity contribution in [2.75, 3.05) is 25.5 Å². The first kappa shape index (κ1) is 18.7. The molecule has 0 aromatic heterocycles. The fourth-order valence-electron chi connectivity index (χ4n) is 2.69. The molecule has 0 bridgehead atoms. The standard InChI is InChI=1S/C20H21N3O4/c1-20(2)19(24)23(13-26-12-22-20)15-5-8-16(9-6-15)27-17-7-4-14(11-21)18(10-17)25-3/h4-10,22H,12-13H2,1-3H3. The molecule has 1 fully saturated rings. The number of hydrogen-bond donors (Lipinski definition) is 1. The van der Waals surface area contributed by atoms with Crippen LogP contribution in [0.3, 0.4) is 0 Å². The number of hydrogen-bond acceptors (Lipinski definition) is 6. The van der Waals surface area contributed by atoms with Gasteiger partial charge in [0.15, 0.2) is 0 Å². The first-order valence-electron chi connectivity index (χ1n) is 8.45. The number of methoxy groups -OCH3 is 1. The van der Waals surface area contributed by atoms with Crippen molar-refractivity contribution in [2.45, 2.75) is 19.4 Å². The van der Waals surface area contributed by atoms with Crippen LogP contribution in [0.2, 0.25) is 0 Å². The first-order valence-corrected chi connectivity index (χ1v) is 8.45. The molecule has 0 spiro atoms. The Morgan fingerprint density at radius 1 is 1.19 bits per heavy atom. The lowest BCUT2D eigenvalue weighted by Gasteiger charge is -2.28. The number of nitrogens with zero attached hydrogens (tertiary/aromatic N) is 2. The Kier molecular flexibility index (Phi) is 5.31. The number of anilines is 1. The number of carbonyl (C=O) groups is 1. The Balaban J connectivity index is 1.78. The number of rotatable bonds is 4. The molecule has 3 rings (SSSR count). The summed E-state index contributed by atoms with van der Waals surface area (Å²) in [5.41, 5.74) is 0.461. The number of amides is 1. The average Bonchev–Trinajstić information content (AvgIpc) is 2.81. The van der Waals surface area contributed by atoms with E-state index in [4.69, 9.17) is 19.5 Å². The van der Waals surface area contributed by atoms with Crippen LogP contribution in [0.25, 0.3) is 0 Å². The summed E-state index contributed by atoms with van der Waals surface area (Å²) < 4.78 is 16.5. The quantitative estimate of drug-likeness (QED) is 0.894. The van der Waals surface area contributed by atoms with Crippen LogP contribution < -0.4 is 19.7 Å². The van der Waals surface area contributed by atoms with E-state index in [0.717, 1.165) is 5.69 Å². The highest BCUT2D eigenvalue weighted by Gasteiger charge is 2.34. The summed E-state index contributed by atoms with van der Waals surface area (Å²) in [4.78, 5) is 14.3. The molecule has 1 saturated heterocycles. The normalized spacial score (nSPS) is 16.4. The second-order valence-corrected chi connectivity index (χ2v) is 6.58. The van der Waals surface area contributed by atoms with Gasteiger partial charge in [-0.1, -0.05) is 0 Å². The summed E-state index contributed by atoms with van der Waals surface area (Å²) in [6, 6.07) is 14.2. The SMILES string of the molecule is COc1cc(Oc2ccc(N3COCNC(C)(C)C3=O)cc2)ccc1C#N. The van der Waals surface area contributed by atoms with Gasteiger partial charge in [0, 0.05) is 11.8 Å². The van der Waals surface area contributed by atoms with Crippen LogP contribution in [-0.4, -0.2) is 32.0 Å². The van der Waals surface area contributed by atoms with Crippen LogP contribution >= 0.6 is 0 Å². The van der Waals surface area contributed by atoms with Gasteiger partial charge in [0.05, 0.1) is 24.9 Å². The lowest BCUT2D eigenvalue weighted by molar-refractivity contribution is -0.123. The topological polar surface area (TPSA) is 83.8 Å². The highest BCUT2D eigenvalue weighted by molar-refractivity contribution is 5.99. The monoisotopic (exact) mass is 367 g/mol. The van der Waals surface area contributed by atoms with Gasteiger partial charge in [-0.05, 0) is 50.2 Å². The van der Waals surface area contributed by atoms with Crippen LogP contribution in [0.5, 0.6) is 17.2 Å². The molecule has 0 unspecified atom stereocenters. The summed E-state index contributed by atoms with van der Waals surface area (Å²) in [5.74, 6) is 1.54. The van der Waals surface area contributed by atoms with Gasteiger partial charge in [-0.25, -0.2) is 0 Å². The minimum atomic E-state index is -0.704. The highest BCUT2D eigenvalue weighted by atomic mass is 16.5. The van der Waals surface area contributed by atoms with E-state index < -0.39 is 5.54 Å². The van der Waals surface area contributed by atoms with Crippen molar-refractivity contribution in [1.82, 2.24) is 5.32 Å². The smallest absolute Gasteiger partial charge is 0.248 e. The molecule has 0 aliphatic carbocycles.